The van der Waals surface area contributed by atoms with E-state index in [0.717, 1.165) is 15.5 Å². The molecule has 0 spiro atoms. The molecule has 3 rings (SSSR count). The van der Waals surface area contributed by atoms with Crippen LogP contribution in [0.5, 0.6) is 0 Å². The highest BCUT2D eigenvalue weighted by atomic mass is 35.5. The lowest BCUT2D eigenvalue weighted by molar-refractivity contribution is -0.695. The van der Waals surface area contributed by atoms with Crippen molar-refractivity contribution in [2.45, 2.75) is 13.0 Å². The lowest BCUT2D eigenvalue weighted by atomic mass is 10.3. The number of hydrogen-bond donors (Lipinski definition) is 0. The number of imidazole rings is 1. The van der Waals surface area contributed by atoms with Gasteiger partial charge in [0.25, 0.3) is 0 Å². The van der Waals surface area contributed by atoms with Crippen LogP contribution in [0.3, 0.4) is 0 Å². The first-order valence-corrected chi connectivity index (χ1v) is 6.90. The van der Waals surface area contributed by atoms with Gasteiger partial charge in [0.05, 0.1) is 12.6 Å². The van der Waals surface area contributed by atoms with Crippen LogP contribution in [0.15, 0.2) is 36.9 Å². The third kappa shape index (κ3) is 2.64. The van der Waals surface area contributed by atoms with Gasteiger partial charge >= 0.3 is 0 Å². The van der Waals surface area contributed by atoms with Gasteiger partial charge in [0.2, 0.25) is 10.2 Å². The van der Waals surface area contributed by atoms with Gasteiger partial charge in [-0.2, -0.15) is 5.10 Å². The summed E-state index contributed by atoms with van der Waals surface area (Å²) >= 11 is 6.85. The molecule has 0 unspecified atom stereocenters. The third-order valence-corrected chi connectivity index (χ3v) is 3.85. The van der Waals surface area contributed by atoms with Gasteiger partial charge in [0.1, 0.15) is 5.01 Å². The van der Waals surface area contributed by atoms with E-state index in [1.165, 1.54) is 11.3 Å². The molecule has 0 aliphatic carbocycles. The molecule has 0 atom stereocenters. The van der Waals surface area contributed by atoms with Gasteiger partial charge < -0.3 is 0 Å². The molecule has 0 saturated heterocycles. The van der Waals surface area contributed by atoms with E-state index in [2.05, 4.69) is 10.1 Å². The van der Waals surface area contributed by atoms with Crippen molar-refractivity contribution in [2.24, 2.45) is 0 Å². The summed E-state index contributed by atoms with van der Waals surface area (Å²) in [6.45, 7) is 0.587. The van der Waals surface area contributed by atoms with Crippen molar-refractivity contribution in [1.29, 1.82) is 0 Å². The number of carbonyl (C=O) groups is 1. The molecule has 0 radical (unpaired) electrons. The predicted molar refractivity (Wildman–Crippen MR) is 72.0 cm³/mol. The molecule has 3 aromatic heterocycles. The zero-order valence-corrected chi connectivity index (χ0v) is 11.4. The zero-order valence-electron chi connectivity index (χ0n) is 9.86. The van der Waals surface area contributed by atoms with Crippen molar-refractivity contribution >= 4 is 33.1 Å². The van der Waals surface area contributed by atoms with Crippen molar-refractivity contribution in [3.05, 3.63) is 36.9 Å². The molecule has 19 heavy (non-hydrogen) atoms. The van der Waals surface area contributed by atoms with Crippen molar-refractivity contribution in [1.82, 2.24) is 14.6 Å². The van der Waals surface area contributed by atoms with Crippen LogP contribution in [-0.4, -0.2) is 19.8 Å². The Bertz CT molecular complexity index is 690. The Kier molecular flexibility index (Phi) is 3.27. The standard InChI is InChI=1S/C12H10ClN4OS/c13-10(18)3-7-16-5-1-9(2-6-16)11-15-17-8-4-14-12(17)19-11/h1-2,4-6,8H,3,7H2/q+1. The molecule has 3 heterocycles. The summed E-state index contributed by atoms with van der Waals surface area (Å²) in [5, 5.41) is 5.03. The summed E-state index contributed by atoms with van der Waals surface area (Å²) < 4.78 is 3.68. The van der Waals surface area contributed by atoms with E-state index in [-0.39, 0.29) is 5.24 Å². The van der Waals surface area contributed by atoms with Gasteiger partial charge in [-0.05, 0) is 11.6 Å². The van der Waals surface area contributed by atoms with Gasteiger partial charge in [0, 0.05) is 23.9 Å². The molecular formula is C12H10ClN4OS+. The van der Waals surface area contributed by atoms with E-state index in [9.17, 15) is 4.79 Å². The van der Waals surface area contributed by atoms with Crippen LogP contribution in [0, 0.1) is 0 Å². The molecular weight excluding hydrogens is 284 g/mol. The fourth-order valence-corrected chi connectivity index (χ4v) is 2.67. The smallest absolute Gasteiger partial charge is 0.227 e. The fraction of sp³-hybridized carbons (Fsp3) is 0.167. The van der Waals surface area contributed by atoms with Crippen LogP contribution in [-0.2, 0) is 11.3 Å². The van der Waals surface area contributed by atoms with Gasteiger partial charge in [-0.25, -0.2) is 14.1 Å². The monoisotopic (exact) mass is 293 g/mol. The van der Waals surface area contributed by atoms with Crippen LogP contribution in [0.4, 0.5) is 0 Å². The van der Waals surface area contributed by atoms with Crippen molar-refractivity contribution in [3.8, 4) is 10.6 Å². The average Bonchev–Trinajstić information content (AvgIpc) is 2.97. The maximum Gasteiger partial charge on any atom is 0.227 e. The topological polar surface area (TPSA) is 51.1 Å². The van der Waals surface area contributed by atoms with Crippen LogP contribution >= 0.6 is 22.9 Å². The predicted octanol–water partition coefficient (Wildman–Crippen LogP) is 1.90. The van der Waals surface area contributed by atoms with E-state index in [0.29, 0.717) is 13.0 Å². The summed E-state index contributed by atoms with van der Waals surface area (Å²) in [5.41, 5.74) is 1.03. The molecule has 0 aliphatic heterocycles. The Labute approximate surface area is 118 Å². The van der Waals surface area contributed by atoms with E-state index in [4.69, 9.17) is 11.6 Å². The Hall–Kier alpha value is -1.79. The highest BCUT2D eigenvalue weighted by Crippen LogP contribution is 2.23. The molecule has 0 aliphatic rings. The van der Waals surface area contributed by atoms with E-state index >= 15 is 0 Å². The van der Waals surface area contributed by atoms with Crippen molar-refractivity contribution < 1.29 is 9.36 Å². The lowest BCUT2D eigenvalue weighted by Crippen LogP contribution is -2.33. The number of hydrogen-bond acceptors (Lipinski definition) is 4. The number of fused-ring (bicyclic) bond motifs is 1. The lowest BCUT2D eigenvalue weighted by Gasteiger charge is -1.96. The normalized spacial score (nSPS) is 11.0. The van der Waals surface area contributed by atoms with Gasteiger partial charge in [0.15, 0.2) is 18.9 Å². The first-order chi connectivity index (χ1) is 9.22. The molecule has 3 aromatic rings. The number of halogens is 1. The highest BCUT2D eigenvalue weighted by Gasteiger charge is 2.09. The highest BCUT2D eigenvalue weighted by molar-refractivity contribution is 7.19. The molecule has 7 heteroatoms. The number of aromatic nitrogens is 4. The maximum atomic E-state index is 10.7. The molecule has 0 fully saturated rings. The van der Waals surface area contributed by atoms with Crippen LogP contribution in [0.2, 0.25) is 0 Å². The minimum Gasteiger partial charge on any atom is -0.281 e. The Morgan fingerprint density at radius 1 is 1.42 bits per heavy atom. The summed E-state index contributed by atoms with van der Waals surface area (Å²) in [5.74, 6) is 0. The van der Waals surface area contributed by atoms with E-state index in [1.807, 2.05) is 35.3 Å². The van der Waals surface area contributed by atoms with Crippen molar-refractivity contribution in [3.63, 3.8) is 0 Å². The first-order valence-electron chi connectivity index (χ1n) is 5.70. The Morgan fingerprint density at radius 2 is 2.21 bits per heavy atom. The van der Waals surface area contributed by atoms with Gasteiger partial charge in [-0.3, -0.25) is 4.79 Å². The second-order valence-corrected chi connectivity index (χ2v) is 5.37. The SMILES string of the molecule is O=C(Cl)CC[n+]1ccc(-c2nn3ccnc3s2)cc1. The minimum absolute atomic E-state index is 0.322. The Balaban J connectivity index is 1.82. The largest absolute Gasteiger partial charge is 0.281 e. The second kappa shape index (κ2) is 5.07. The summed E-state index contributed by atoms with van der Waals surface area (Å²) in [4.78, 5) is 15.8. The number of rotatable bonds is 4. The average molecular weight is 294 g/mol. The number of aryl methyl sites for hydroxylation is 1. The second-order valence-electron chi connectivity index (χ2n) is 3.99. The molecule has 0 aromatic carbocycles. The number of carbonyl (C=O) groups excluding carboxylic acids is 1. The summed E-state index contributed by atoms with van der Waals surface area (Å²) in [7, 11) is 0. The van der Waals surface area contributed by atoms with E-state index < -0.39 is 0 Å². The summed E-state index contributed by atoms with van der Waals surface area (Å²) in [6, 6.07) is 3.94. The minimum atomic E-state index is -0.322. The molecule has 0 N–H and O–H groups in total. The van der Waals surface area contributed by atoms with Gasteiger partial charge in [-0.1, -0.05) is 11.3 Å². The molecule has 0 bridgehead atoms. The number of nitrogens with zero attached hydrogens (tertiary/aromatic N) is 4. The number of pyridine rings is 1. The van der Waals surface area contributed by atoms with Gasteiger partial charge in [-0.15, -0.1) is 0 Å². The van der Waals surface area contributed by atoms with Crippen LogP contribution in [0.1, 0.15) is 6.42 Å². The van der Waals surface area contributed by atoms with E-state index in [1.54, 1.807) is 10.7 Å². The Morgan fingerprint density at radius 3 is 2.89 bits per heavy atom. The van der Waals surface area contributed by atoms with Crippen LogP contribution in [0.25, 0.3) is 15.5 Å². The maximum absolute atomic E-state index is 10.7. The molecule has 96 valence electrons. The first kappa shape index (κ1) is 12.3. The van der Waals surface area contributed by atoms with Crippen molar-refractivity contribution in [2.75, 3.05) is 0 Å². The zero-order chi connectivity index (χ0) is 13.2. The summed E-state index contributed by atoms with van der Waals surface area (Å²) in [6.07, 6.45) is 7.71. The molecule has 0 saturated carbocycles. The quantitative estimate of drug-likeness (QED) is 0.545. The fourth-order valence-electron chi connectivity index (χ4n) is 1.72. The molecule has 0 amide bonds. The van der Waals surface area contributed by atoms with Crippen LogP contribution < -0.4 is 4.57 Å². The molecule has 5 nitrogen and oxygen atoms in total. The third-order valence-electron chi connectivity index (χ3n) is 2.68.